The summed E-state index contributed by atoms with van der Waals surface area (Å²) in [7, 11) is 2.13. The largest absolute Gasteiger partial charge is 0.339 e. The highest BCUT2D eigenvalue weighted by Crippen LogP contribution is 2.18. The summed E-state index contributed by atoms with van der Waals surface area (Å²) in [5, 5.41) is 4.06. The van der Waals surface area contributed by atoms with Crippen LogP contribution < -0.4 is 0 Å². The normalized spacial score (nSPS) is 11.1. The Morgan fingerprint density at radius 1 is 1.04 bits per heavy atom. The van der Waals surface area contributed by atoms with Gasteiger partial charge < -0.3 is 9.42 Å². The molecule has 0 radical (unpaired) electrons. The zero-order valence-electron chi connectivity index (χ0n) is 13.7. The molecule has 3 aromatic rings. The van der Waals surface area contributed by atoms with Gasteiger partial charge in [-0.1, -0.05) is 69.6 Å². The smallest absolute Gasteiger partial charge is 0.227 e. The Hall–Kier alpha value is -1.98. The fourth-order valence-electron chi connectivity index (χ4n) is 2.56. The van der Waals surface area contributed by atoms with Crippen molar-refractivity contribution in [1.29, 1.82) is 0 Å². The van der Waals surface area contributed by atoms with E-state index in [1.165, 1.54) is 5.56 Å². The molecule has 0 aliphatic rings. The van der Waals surface area contributed by atoms with Gasteiger partial charge in [0, 0.05) is 23.0 Å². The lowest BCUT2D eigenvalue weighted by Gasteiger charge is -2.16. The van der Waals surface area contributed by atoms with Crippen LogP contribution in [0, 0.1) is 0 Å². The molecule has 124 valence electrons. The van der Waals surface area contributed by atoms with Gasteiger partial charge >= 0.3 is 0 Å². The Bertz CT molecular complexity index is 773. The van der Waals surface area contributed by atoms with Gasteiger partial charge in [-0.3, -0.25) is 0 Å². The second-order valence-corrected chi connectivity index (χ2v) is 6.66. The molecule has 0 bridgehead atoms. The number of nitrogens with zero attached hydrogens (tertiary/aromatic N) is 3. The number of halogens is 1. The summed E-state index contributed by atoms with van der Waals surface area (Å²) < 4.78 is 6.51. The number of rotatable bonds is 7. The van der Waals surface area contributed by atoms with E-state index in [1.807, 2.05) is 36.4 Å². The maximum absolute atomic E-state index is 5.35. The van der Waals surface area contributed by atoms with E-state index in [2.05, 4.69) is 56.2 Å². The molecule has 1 aromatic heterocycles. The van der Waals surface area contributed by atoms with E-state index in [0.717, 1.165) is 36.0 Å². The fourth-order valence-corrected chi connectivity index (χ4v) is 2.97. The quantitative estimate of drug-likeness (QED) is 0.597. The topological polar surface area (TPSA) is 42.2 Å². The summed E-state index contributed by atoms with van der Waals surface area (Å²) in [5.41, 5.74) is 2.28. The molecule has 0 saturated heterocycles. The standard InChI is InChI=1S/C19H20BrN3O/c1-23(14-16-10-5-6-11-17(16)20)13-7-12-18-21-19(22-24-18)15-8-3-2-4-9-15/h2-6,8-11H,7,12-14H2,1H3. The second-order valence-electron chi connectivity index (χ2n) is 5.81. The number of hydrogen-bond donors (Lipinski definition) is 0. The van der Waals surface area contributed by atoms with Gasteiger partial charge in [0.05, 0.1) is 0 Å². The van der Waals surface area contributed by atoms with Crippen LogP contribution in [0.3, 0.4) is 0 Å². The second kappa shape index (κ2) is 8.22. The minimum Gasteiger partial charge on any atom is -0.339 e. The average Bonchev–Trinajstić information content (AvgIpc) is 3.07. The van der Waals surface area contributed by atoms with Crippen molar-refractivity contribution in [3.63, 3.8) is 0 Å². The average molecular weight is 386 g/mol. The van der Waals surface area contributed by atoms with Crippen molar-refractivity contribution in [2.24, 2.45) is 0 Å². The van der Waals surface area contributed by atoms with E-state index in [0.29, 0.717) is 11.7 Å². The van der Waals surface area contributed by atoms with Gasteiger partial charge in [0.15, 0.2) is 0 Å². The van der Waals surface area contributed by atoms with Gasteiger partial charge in [-0.05, 0) is 31.6 Å². The number of aromatic nitrogens is 2. The first-order valence-electron chi connectivity index (χ1n) is 8.02. The van der Waals surface area contributed by atoms with Crippen molar-refractivity contribution in [3.8, 4) is 11.4 Å². The van der Waals surface area contributed by atoms with Crippen LogP contribution in [0.5, 0.6) is 0 Å². The predicted octanol–water partition coefficient (Wildman–Crippen LogP) is 4.56. The number of benzene rings is 2. The molecule has 0 saturated carbocycles. The van der Waals surface area contributed by atoms with Gasteiger partial charge in [-0.25, -0.2) is 0 Å². The molecular weight excluding hydrogens is 366 g/mol. The highest BCUT2D eigenvalue weighted by atomic mass is 79.9. The van der Waals surface area contributed by atoms with Crippen molar-refractivity contribution in [2.75, 3.05) is 13.6 Å². The van der Waals surface area contributed by atoms with Crippen LogP contribution in [0.4, 0.5) is 0 Å². The first kappa shape index (κ1) is 16.9. The van der Waals surface area contributed by atoms with Gasteiger partial charge in [0.2, 0.25) is 11.7 Å². The summed E-state index contributed by atoms with van der Waals surface area (Å²) in [6.07, 6.45) is 1.78. The SMILES string of the molecule is CN(CCCc1nc(-c2ccccc2)no1)Cc1ccccc1Br. The molecule has 5 heteroatoms. The first-order chi connectivity index (χ1) is 11.7. The molecule has 0 atom stereocenters. The minimum absolute atomic E-state index is 0.659. The van der Waals surface area contributed by atoms with Crippen LogP contribution in [0.15, 0.2) is 63.6 Å². The molecule has 0 spiro atoms. The van der Waals surface area contributed by atoms with Gasteiger partial charge in [0.1, 0.15) is 0 Å². The van der Waals surface area contributed by atoms with Crippen molar-refractivity contribution in [2.45, 2.75) is 19.4 Å². The van der Waals surface area contributed by atoms with Crippen LogP contribution in [-0.2, 0) is 13.0 Å². The van der Waals surface area contributed by atoms with Crippen LogP contribution in [-0.4, -0.2) is 28.6 Å². The Morgan fingerprint density at radius 3 is 2.58 bits per heavy atom. The van der Waals surface area contributed by atoms with Crippen molar-refractivity contribution < 1.29 is 4.52 Å². The number of aryl methyl sites for hydroxylation is 1. The van der Waals surface area contributed by atoms with E-state index in [9.17, 15) is 0 Å². The highest BCUT2D eigenvalue weighted by molar-refractivity contribution is 9.10. The molecule has 3 rings (SSSR count). The molecule has 0 aliphatic carbocycles. The Morgan fingerprint density at radius 2 is 1.79 bits per heavy atom. The van der Waals surface area contributed by atoms with E-state index in [-0.39, 0.29) is 0 Å². The first-order valence-corrected chi connectivity index (χ1v) is 8.81. The molecule has 2 aromatic carbocycles. The lowest BCUT2D eigenvalue weighted by Crippen LogP contribution is -2.19. The van der Waals surface area contributed by atoms with Crippen LogP contribution >= 0.6 is 15.9 Å². The van der Waals surface area contributed by atoms with Crippen molar-refractivity contribution in [3.05, 3.63) is 70.5 Å². The van der Waals surface area contributed by atoms with E-state index in [1.54, 1.807) is 0 Å². The molecule has 0 fully saturated rings. The van der Waals surface area contributed by atoms with Crippen molar-refractivity contribution in [1.82, 2.24) is 15.0 Å². The van der Waals surface area contributed by atoms with Gasteiger partial charge in [-0.15, -0.1) is 0 Å². The molecule has 0 N–H and O–H groups in total. The Labute approximate surface area is 150 Å². The van der Waals surface area contributed by atoms with Crippen LogP contribution in [0.2, 0.25) is 0 Å². The number of hydrogen-bond acceptors (Lipinski definition) is 4. The highest BCUT2D eigenvalue weighted by Gasteiger charge is 2.09. The zero-order valence-corrected chi connectivity index (χ0v) is 15.2. The van der Waals surface area contributed by atoms with Crippen LogP contribution in [0.25, 0.3) is 11.4 Å². The fraction of sp³-hybridized carbons (Fsp3) is 0.263. The minimum atomic E-state index is 0.659. The monoisotopic (exact) mass is 385 g/mol. The van der Waals surface area contributed by atoms with Crippen molar-refractivity contribution >= 4 is 15.9 Å². The molecule has 0 aliphatic heterocycles. The lowest BCUT2D eigenvalue weighted by molar-refractivity contribution is 0.309. The molecule has 4 nitrogen and oxygen atoms in total. The predicted molar refractivity (Wildman–Crippen MR) is 98.5 cm³/mol. The summed E-state index contributed by atoms with van der Waals surface area (Å²) in [4.78, 5) is 6.77. The third-order valence-electron chi connectivity index (χ3n) is 3.83. The molecule has 1 heterocycles. The van der Waals surface area contributed by atoms with Gasteiger partial charge in [-0.2, -0.15) is 4.98 Å². The lowest BCUT2D eigenvalue weighted by atomic mass is 10.2. The maximum Gasteiger partial charge on any atom is 0.227 e. The summed E-state index contributed by atoms with van der Waals surface area (Å²) in [6, 6.07) is 18.2. The van der Waals surface area contributed by atoms with E-state index < -0.39 is 0 Å². The Balaban J connectivity index is 1.48. The molecule has 24 heavy (non-hydrogen) atoms. The summed E-state index contributed by atoms with van der Waals surface area (Å²) in [6.45, 7) is 1.89. The van der Waals surface area contributed by atoms with Crippen LogP contribution in [0.1, 0.15) is 17.9 Å². The molecular formula is C19H20BrN3O. The van der Waals surface area contributed by atoms with Gasteiger partial charge in [0.25, 0.3) is 0 Å². The molecule has 0 amide bonds. The maximum atomic E-state index is 5.35. The van der Waals surface area contributed by atoms with E-state index in [4.69, 9.17) is 4.52 Å². The zero-order chi connectivity index (χ0) is 16.8. The molecule has 0 unspecified atom stereocenters. The summed E-state index contributed by atoms with van der Waals surface area (Å²) >= 11 is 3.59. The summed E-state index contributed by atoms with van der Waals surface area (Å²) in [5.74, 6) is 1.36. The third kappa shape index (κ3) is 4.52. The third-order valence-corrected chi connectivity index (χ3v) is 4.60. The Kier molecular flexibility index (Phi) is 5.77. The van der Waals surface area contributed by atoms with E-state index >= 15 is 0 Å².